The average molecular weight is 379 g/mol. The molecule has 1 aromatic heterocycles. The Bertz CT molecular complexity index is 1040. The van der Waals surface area contributed by atoms with Crippen LogP contribution in [0.4, 0.5) is 14.5 Å². The molecule has 2 aromatic rings. The molecule has 2 fully saturated rings. The lowest BCUT2D eigenvalue weighted by atomic mass is 10.00. The number of hydrogen-bond acceptors (Lipinski definition) is 5. The molecule has 9 heteroatoms. The van der Waals surface area contributed by atoms with Gasteiger partial charge in [0, 0.05) is 36.7 Å². The van der Waals surface area contributed by atoms with Gasteiger partial charge in [0.25, 0.3) is 5.56 Å². The smallest absolute Gasteiger partial charge is 0.350 e. The second-order valence-electron chi connectivity index (χ2n) is 7.73. The lowest BCUT2D eigenvalue weighted by Crippen LogP contribution is -2.44. The summed E-state index contributed by atoms with van der Waals surface area (Å²) in [6.45, 7) is 3.70. The zero-order chi connectivity index (χ0) is 19.6. The molecule has 4 N–H and O–H groups in total. The van der Waals surface area contributed by atoms with Crippen LogP contribution in [0.1, 0.15) is 31.4 Å². The van der Waals surface area contributed by atoms with Crippen molar-refractivity contribution in [2.75, 3.05) is 23.8 Å². The Labute approximate surface area is 154 Å². The van der Waals surface area contributed by atoms with Crippen LogP contribution in [-0.2, 0) is 0 Å². The average Bonchev–Trinajstić information content (AvgIpc) is 3.36. The Morgan fingerprint density at radius 1 is 1.26 bits per heavy atom. The summed E-state index contributed by atoms with van der Waals surface area (Å²) in [4.78, 5) is 26.6. The minimum absolute atomic E-state index is 0.0249. The van der Waals surface area contributed by atoms with Gasteiger partial charge in [-0.3, -0.25) is 9.36 Å². The van der Waals surface area contributed by atoms with Gasteiger partial charge >= 0.3 is 5.69 Å². The van der Waals surface area contributed by atoms with Gasteiger partial charge in [0.05, 0.1) is 16.6 Å². The van der Waals surface area contributed by atoms with E-state index in [1.54, 1.807) is 18.7 Å². The summed E-state index contributed by atoms with van der Waals surface area (Å²) in [5, 5.41) is 0.0579. The van der Waals surface area contributed by atoms with Crippen molar-refractivity contribution in [3.63, 3.8) is 0 Å². The van der Waals surface area contributed by atoms with E-state index >= 15 is 0 Å². The zero-order valence-corrected chi connectivity index (χ0v) is 15.3. The number of hydrogen-bond donors (Lipinski definition) is 2. The van der Waals surface area contributed by atoms with Crippen molar-refractivity contribution in [3.8, 4) is 0 Å². The first-order chi connectivity index (χ1) is 12.7. The van der Waals surface area contributed by atoms with Crippen LogP contribution in [0.2, 0.25) is 0 Å². The second kappa shape index (κ2) is 6.05. The Morgan fingerprint density at radius 3 is 2.48 bits per heavy atom. The largest absolute Gasteiger partial charge is 0.366 e. The first-order valence-electron chi connectivity index (χ1n) is 9.12. The van der Waals surface area contributed by atoms with E-state index in [1.165, 1.54) is 4.57 Å². The molecule has 0 bridgehead atoms. The van der Waals surface area contributed by atoms with Gasteiger partial charge in [0.15, 0.2) is 0 Å². The van der Waals surface area contributed by atoms with Crippen LogP contribution in [0.15, 0.2) is 15.7 Å². The quantitative estimate of drug-likeness (QED) is 0.768. The third-order valence-electron chi connectivity index (χ3n) is 5.76. The molecule has 146 valence electrons. The predicted molar refractivity (Wildman–Crippen MR) is 99.8 cm³/mol. The van der Waals surface area contributed by atoms with Crippen LogP contribution in [0.25, 0.3) is 10.9 Å². The van der Waals surface area contributed by atoms with Crippen molar-refractivity contribution in [3.05, 3.63) is 38.3 Å². The molecule has 1 aliphatic heterocycles. The standard InChI is InChI=1S/C18H23F2N5O2/c1-8-15-11(17(26)25(22)18(27)24(15)10-3-4-10)5-13(19)16(8)23-6-12(9(2)21)14(20)7-23/h5,9-10,12,14H,3-4,6-7,21-22H2,1-2H3/t9-,12+,14+/m0/s1. The summed E-state index contributed by atoms with van der Waals surface area (Å²) >= 11 is 0. The van der Waals surface area contributed by atoms with E-state index in [1.807, 2.05) is 0 Å². The molecule has 1 saturated heterocycles. The van der Waals surface area contributed by atoms with E-state index in [0.29, 0.717) is 15.8 Å². The fraction of sp³-hybridized carbons (Fsp3) is 0.556. The highest BCUT2D eigenvalue weighted by Crippen LogP contribution is 2.39. The molecule has 1 aliphatic carbocycles. The molecule has 7 nitrogen and oxygen atoms in total. The topological polar surface area (TPSA) is 99.3 Å². The van der Waals surface area contributed by atoms with Gasteiger partial charge in [-0.25, -0.2) is 13.6 Å². The molecule has 4 rings (SSSR count). The van der Waals surface area contributed by atoms with Crippen molar-refractivity contribution in [1.82, 2.24) is 9.24 Å². The van der Waals surface area contributed by atoms with Crippen molar-refractivity contribution in [2.24, 2.45) is 11.7 Å². The van der Waals surface area contributed by atoms with Crippen LogP contribution in [0, 0.1) is 18.7 Å². The van der Waals surface area contributed by atoms with Crippen molar-refractivity contribution in [1.29, 1.82) is 0 Å². The Balaban J connectivity index is 1.97. The Kier molecular flexibility index (Phi) is 4.03. The number of anilines is 1. The van der Waals surface area contributed by atoms with Crippen LogP contribution in [0.5, 0.6) is 0 Å². The van der Waals surface area contributed by atoms with E-state index in [-0.39, 0.29) is 36.2 Å². The first kappa shape index (κ1) is 18.0. The van der Waals surface area contributed by atoms with Crippen LogP contribution >= 0.6 is 0 Å². The molecule has 0 amide bonds. The summed E-state index contributed by atoms with van der Waals surface area (Å²) in [5.41, 5.74) is 5.55. The molecule has 1 aromatic carbocycles. The number of aromatic nitrogens is 2. The maximum atomic E-state index is 15.0. The molecule has 1 saturated carbocycles. The fourth-order valence-electron chi connectivity index (χ4n) is 4.19. The molecule has 0 radical (unpaired) electrons. The van der Waals surface area contributed by atoms with Gasteiger partial charge in [0.2, 0.25) is 0 Å². The summed E-state index contributed by atoms with van der Waals surface area (Å²) in [7, 11) is 0. The number of nitrogen functional groups attached to an aromatic ring is 1. The van der Waals surface area contributed by atoms with Gasteiger partial charge < -0.3 is 16.5 Å². The highest BCUT2D eigenvalue weighted by atomic mass is 19.1. The molecular formula is C18H23F2N5O2. The van der Waals surface area contributed by atoms with E-state index in [4.69, 9.17) is 11.6 Å². The van der Waals surface area contributed by atoms with Gasteiger partial charge in [-0.05, 0) is 32.8 Å². The molecule has 3 atom stereocenters. The van der Waals surface area contributed by atoms with Crippen molar-refractivity contribution >= 4 is 16.6 Å². The van der Waals surface area contributed by atoms with Gasteiger partial charge in [-0.2, -0.15) is 4.68 Å². The monoisotopic (exact) mass is 379 g/mol. The van der Waals surface area contributed by atoms with Gasteiger partial charge in [-0.1, -0.05) is 0 Å². The van der Waals surface area contributed by atoms with Gasteiger partial charge in [-0.15, -0.1) is 0 Å². The van der Waals surface area contributed by atoms with E-state index in [9.17, 15) is 18.4 Å². The molecule has 2 aliphatic rings. The number of nitrogens with two attached hydrogens (primary N) is 2. The third-order valence-corrected chi connectivity index (χ3v) is 5.76. The number of nitrogens with zero attached hydrogens (tertiary/aromatic N) is 3. The lowest BCUT2D eigenvalue weighted by Gasteiger charge is -2.24. The van der Waals surface area contributed by atoms with Crippen LogP contribution in [-0.4, -0.2) is 34.5 Å². The molecule has 2 heterocycles. The number of rotatable bonds is 3. The number of fused-ring (bicyclic) bond motifs is 1. The number of alkyl halides is 1. The summed E-state index contributed by atoms with van der Waals surface area (Å²) < 4.78 is 31.4. The first-order valence-corrected chi connectivity index (χ1v) is 9.12. The normalized spacial score (nSPS) is 24.0. The Morgan fingerprint density at radius 2 is 1.93 bits per heavy atom. The minimum atomic E-state index is -1.16. The maximum Gasteiger partial charge on any atom is 0.350 e. The summed E-state index contributed by atoms with van der Waals surface area (Å²) in [5.74, 6) is 4.59. The number of halogens is 2. The van der Waals surface area contributed by atoms with Crippen LogP contribution in [0.3, 0.4) is 0 Å². The van der Waals surface area contributed by atoms with Crippen molar-refractivity contribution < 1.29 is 8.78 Å². The Hall–Kier alpha value is -2.42. The molecular weight excluding hydrogens is 356 g/mol. The molecule has 0 spiro atoms. The highest BCUT2D eigenvalue weighted by Gasteiger charge is 2.38. The van der Waals surface area contributed by atoms with Crippen LogP contribution < -0.4 is 27.7 Å². The maximum absolute atomic E-state index is 15.0. The summed E-state index contributed by atoms with van der Waals surface area (Å²) in [6.07, 6.45) is 0.423. The minimum Gasteiger partial charge on any atom is -0.366 e. The summed E-state index contributed by atoms with van der Waals surface area (Å²) in [6, 6.07) is 0.688. The van der Waals surface area contributed by atoms with E-state index in [2.05, 4.69) is 0 Å². The fourth-order valence-corrected chi connectivity index (χ4v) is 4.19. The molecule has 27 heavy (non-hydrogen) atoms. The third kappa shape index (κ3) is 2.63. The van der Waals surface area contributed by atoms with E-state index < -0.39 is 29.2 Å². The second-order valence-corrected chi connectivity index (χ2v) is 7.73. The zero-order valence-electron chi connectivity index (χ0n) is 15.3. The lowest BCUT2D eigenvalue weighted by molar-refractivity contribution is 0.259. The SMILES string of the molecule is Cc1c(N2C[C@H]([C@H](C)N)[C@H](F)C2)c(F)cc2c(=O)n(N)c(=O)n(C3CC3)c12. The van der Waals surface area contributed by atoms with E-state index in [0.717, 1.165) is 18.9 Å². The van der Waals surface area contributed by atoms with Crippen molar-refractivity contribution in [2.45, 2.75) is 44.9 Å². The highest BCUT2D eigenvalue weighted by molar-refractivity contribution is 5.87. The van der Waals surface area contributed by atoms with Gasteiger partial charge in [0.1, 0.15) is 12.0 Å². The number of benzene rings is 1. The molecule has 0 unspecified atom stereocenters. The predicted octanol–water partition coefficient (Wildman–Crippen LogP) is 0.781. The number of aryl methyl sites for hydroxylation is 1.